The number of aliphatic hydroxyl groups is 1. The Bertz CT molecular complexity index is 591. The quantitative estimate of drug-likeness (QED) is 0.641. The van der Waals surface area contributed by atoms with E-state index in [9.17, 15) is 9.90 Å². The molecule has 0 aliphatic carbocycles. The average Bonchev–Trinajstić information content (AvgIpc) is 2.69. The van der Waals surface area contributed by atoms with Gasteiger partial charge in [-0.05, 0) is 6.92 Å². The van der Waals surface area contributed by atoms with Crippen LogP contribution in [0.3, 0.4) is 0 Å². The molecule has 98 valence electrons. The molecule has 0 aliphatic rings. The van der Waals surface area contributed by atoms with Gasteiger partial charge in [0.2, 0.25) is 0 Å². The van der Waals surface area contributed by atoms with Crippen molar-refractivity contribution < 1.29 is 9.84 Å². The second-order valence-electron chi connectivity index (χ2n) is 3.90. The number of nitrogens with one attached hydrogen (secondary N) is 2. The monoisotopic (exact) mass is 253 g/mol. The van der Waals surface area contributed by atoms with Crippen LogP contribution in [-0.2, 0) is 4.74 Å². The summed E-state index contributed by atoms with van der Waals surface area (Å²) < 4.78 is 6.19. The molecule has 1 unspecified atom stereocenters. The average molecular weight is 253 g/mol. The van der Waals surface area contributed by atoms with Gasteiger partial charge in [-0.25, -0.2) is 19.3 Å². The third-order valence-corrected chi connectivity index (χ3v) is 2.45. The standard InChI is InChI=1S/C10H15N5O3/c1-6-12-8(11-4-7(16)5-18-2)3-9-13-14-10(17)15(6)9/h3,7,11,16H,4-5H2,1-2H3,(H,14,17). The summed E-state index contributed by atoms with van der Waals surface area (Å²) in [6.07, 6.45) is -0.616. The molecule has 0 aromatic carbocycles. The first-order valence-electron chi connectivity index (χ1n) is 5.47. The van der Waals surface area contributed by atoms with Gasteiger partial charge in [0.05, 0.1) is 12.7 Å². The minimum atomic E-state index is -0.616. The van der Waals surface area contributed by atoms with Crippen LogP contribution in [0, 0.1) is 6.92 Å². The van der Waals surface area contributed by atoms with E-state index < -0.39 is 6.10 Å². The second kappa shape index (κ2) is 5.15. The molecule has 1 atom stereocenters. The Balaban J connectivity index is 2.17. The molecule has 0 aliphatic heterocycles. The van der Waals surface area contributed by atoms with Crippen LogP contribution in [0.2, 0.25) is 0 Å². The van der Waals surface area contributed by atoms with E-state index in [2.05, 4.69) is 20.5 Å². The Hall–Kier alpha value is -1.93. The van der Waals surface area contributed by atoms with Crippen molar-refractivity contribution >= 4 is 11.5 Å². The highest BCUT2D eigenvalue weighted by atomic mass is 16.5. The molecule has 0 bridgehead atoms. The molecule has 0 fully saturated rings. The fourth-order valence-electron chi connectivity index (χ4n) is 1.66. The van der Waals surface area contributed by atoms with Crippen molar-refractivity contribution in [3.05, 3.63) is 22.4 Å². The van der Waals surface area contributed by atoms with Crippen molar-refractivity contribution in [3.8, 4) is 0 Å². The second-order valence-corrected chi connectivity index (χ2v) is 3.90. The lowest BCUT2D eigenvalue weighted by molar-refractivity contribution is 0.0727. The third kappa shape index (κ3) is 2.49. The largest absolute Gasteiger partial charge is 0.389 e. The summed E-state index contributed by atoms with van der Waals surface area (Å²) in [5, 5.41) is 18.7. The molecule has 0 amide bonds. The van der Waals surface area contributed by atoms with E-state index in [1.807, 2.05) is 0 Å². The fourth-order valence-corrected chi connectivity index (χ4v) is 1.66. The van der Waals surface area contributed by atoms with Crippen molar-refractivity contribution in [1.82, 2.24) is 19.6 Å². The summed E-state index contributed by atoms with van der Waals surface area (Å²) in [6, 6.07) is 1.63. The van der Waals surface area contributed by atoms with Gasteiger partial charge in [0.15, 0.2) is 5.65 Å². The molecular formula is C10H15N5O3. The number of hydrogen-bond acceptors (Lipinski definition) is 6. The molecule has 2 heterocycles. The van der Waals surface area contributed by atoms with Crippen LogP contribution in [-0.4, -0.2) is 51.1 Å². The Morgan fingerprint density at radius 2 is 2.44 bits per heavy atom. The number of methoxy groups -OCH3 is 1. The topological polar surface area (TPSA) is 105 Å². The number of aliphatic hydroxyl groups excluding tert-OH is 1. The number of nitrogens with zero attached hydrogens (tertiary/aromatic N) is 3. The zero-order valence-corrected chi connectivity index (χ0v) is 10.2. The summed E-state index contributed by atoms with van der Waals surface area (Å²) in [6.45, 7) is 2.27. The molecule has 18 heavy (non-hydrogen) atoms. The summed E-state index contributed by atoms with van der Waals surface area (Å²) >= 11 is 0. The van der Waals surface area contributed by atoms with E-state index in [-0.39, 0.29) is 12.3 Å². The van der Waals surface area contributed by atoms with Crippen LogP contribution in [0.25, 0.3) is 5.65 Å². The van der Waals surface area contributed by atoms with Crippen LogP contribution in [0.4, 0.5) is 5.82 Å². The number of hydrogen-bond donors (Lipinski definition) is 3. The van der Waals surface area contributed by atoms with Gasteiger partial charge in [0.25, 0.3) is 0 Å². The van der Waals surface area contributed by atoms with E-state index in [1.54, 1.807) is 13.0 Å². The van der Waals surface area contributed by atoms with Gasteiger partial charge in [0, 0.05) is 19.7 Å². The number of ether oxygens (including phenoxy) is 1. The lowest BCUT2D eigenvalue weighted by Crippen LogP contribution is -2.25. The van der Waals surface area contributed by atoms with Crippen LogP contribution in [0.1, 0.15) is 5.82 Å². The summed E-state index contributed by atoms with van der Waals surface area (Å²) in [4.78, 5) is 15.6. The number of aromatic nitrogens is 4. The Labute approximate surface area is 103 Å². The number of anilines is 1. The highest BCUT2D eigenvalue weighted by Gasteiger charge is 2.08. The highest BCUT2D eigenvalue weighted by Crippen LogP contribution is 2.07. The van der Waals surface area contributed by atoms with Crippen molar-refractivity contribution in [2.45, 2.75) is 13.0 Å². The Morgan fingerprint density at radius 1 is 1.67 bits per heavy atom. The van der Waals surface area contributed by atoms with Crippen molar-refractivity contribution in [1.29, 1.82) is 0 Å². The number of rotatable bonds is 5. The summed E-state index contributed by atoms with van der Waals surface area (Å²) in [7, 11) is 1.52. The fraction of sp³-hybridized carbons (Fsp3) is 0.500. The van der Waals surface area contributed by atoms with Crippen molar-refractivity contribution in [2.24, 2.45) is 0 Å². The zero-order valence-electron chi connectivity index (χ0n) is 10.2. The first-order chi connectivity index (χ1) is 8.61. The van der Waals surface area contributed by atoms with Crippen LogP contribution >= 0.6 is 0 Å². The normalized spacial score (nSPS) is 12.8. The maximum absolute atomic E-state index is 11.4. The molecule has 3 N–H and O–H groups in total. The molecule has 2 aromatic rings. The van der Waals surface area contributed by atoms with Gasteiger partial charge in [-0.3, -0.25) is 0 Å². The number of aromatic amines is 1. The summed E-state index contributed by atoms with van der Waals surface area (Å²) in [5.41, 5.74) is 0.164. The van der Waals surface area contributed by atoms with Crippen molar-refractivity contribution in [3.63, 3.8) is 0 Å². The van der Waals surface area contributed by atoms with E-state index in [4.69, 9.17) is 4.74 Å². The molecule has 2 rings (SSSR count). The van der Waals surface area contributed by atoms with E-state index in [0.29, 0.717) is 23.8 Å². The minimum absolute atomic E-state index is 0.246. The molecule has 0 spiro atoms. The summed E-state index contributed by atoms with van der Waals surface area (Å²) in [5.74, 6) is 1.07. The molecule has 0 radical (unpaired) electrons. The predicted octanol–water partition coefficient (Wildman–Crippen LogP) is -0.855. The van der Waals surface area contributed by atoms with Gasteiger partial charge in [-0.15, -0.1) is 0 Å². The van der Waals surface area contributed by atoms with E-state index >= 15 is 0 Å². The van der Waals surface area contributed by atoms with E-state index in [0.717, 1.165) is 0 Å². The van der Waals surface area contributed by atoms with Crippen LogP contribution < -0.4 is 11.0 Å². The molecule has 2 aromatic heterocycles. The van der Waals surface area contributed by atoms with Gasteiger partial charge in [0.1, 0.15) is 11.6 Å². The van der Waals surface area contributed by atoms with Gasteiger partial charge in [-0.2, -0.15) is 5.10 Å². The number of fused-ring (bicyclic) bond motifs is 1. The Morgan fingerprint density at radius 3 is 3.17 bits per heavy atom. The van der Waals surface area contributed by atoms with Gasteiger partial charge in [-0.1, -0.05) is 0 Å². The lowest BCUT2D eigenvalue weighted by atomic mass is 10.3. The molecule has 0 saturated heterocycles. The van der Waals surface area contributed by atoms with Crippen LogP contribution in [0.5, 0.6) is 0 Å². The maximum atomic E-state index is 11.4. The predicted molar refractivity (Wildman–Crippen MR) is 64.7 cm³/mol. The molecular weight excluding hydrogens is 238 g/mol. The van der Waals surface area contributed by atoms with Crippen LogP contribution in [0.15, 0.2) is 10.9 Å². The highest BCUT2D eigenvalue weighted by molar-refractivity contribution is 5.49. The first kappa shape index (κ1) is 12.5. The Kier molecular flexibility index (Phi) is 3.58. The molecule has 8 heteroatoms. The lowest BCUT2D eigenvalue weighted by Gasteiger charge is -2.11. The first-order valence-corrected chi connectivity index (χ1v) is 5.47. The minimum Gasteiger partial charge on any atom is -0.389 e. The zero-order chi connectivity index (χ0) is 13.1. The molecule has 8 nitrogen and oxygen atoms in total. The smallest absolute Gasteiger partial charge is 0.349 e. The SMILES string of the molecule is COCC(O)CNc1cc2n[nH]c(=O)n2c(C)n1. The number of aryl methyl sites for hydroxylation is 1. The maximum Gasteiger partial charge on any atom is 0.349 e. The molecule has 0 saturated carbocycles. The van der Waals surface area contributed by atoms with Gasteiger partial charge < -0.3 is 15.2 Å². The number of H-pyrrole nitrogens is 1. The van der Waals surface area contributed by atoms with Gasteiger partial charge >= 0.3 is 5.69 Å². The third-order valence-electron chi connectivity index (χ3n) is 2.45. The van der Waals surface area contributed by atoms with Crippen molar-refractivity contribution in [2.75, 3.05) is 25.6 Å². The van der Waals surface area contributed by atoms with E-state index in [1.165, 1.54) is 11.5 Å².